The van der Waals surface area contributed by atoms with E-state index in [2.05, 4.69) is 0 Å². The standard InChI is InChI=1S/C12H20N2O4S/c1-4-7-14(9-8-13(2)3)19(16,17)12-6-5-11(10-15)18-12/h5-6,10H,4,7-9H2,1-3H3. The molecule has 0 atom stereocenters. The second-order valence-electron chi connectivity index (χ2n) is 4.48. The molecule has 0 N–H and O–H groups in total. The molecule has 1 aromatic heterocycles. The predicted molar refractivity (Wildman–Crippen MR) is 71.7 cm³/mol. The van der Waals surface area contributed by atoms with E-state index >= 15 is 0 Å². The molecule has 7 heteroatoms. The second-order valence-corrected chi connectivity index (χ2v) is 6.35. The highest BCUT2D eigenvalue weighted by atomic mass is 32.2. The molecule has 6 nitrogen and oxygen atoms in total. The molecule has 0 aromatic carbocycles. The Morgan fingerprint density at radius 3 is 2.37 bits per heavy atom. The summed E-state index contributed by atoms with van der Waals surface area (Å²) >= 11 is 0. The van der Waals surface area contributed by atoms with Gasteiger partial charge in [-0.25, -0.2) is 8.42 Å². The van der Waals surface area contributed by atoms with Gasteiger partial charge < -0.3 is 9.32 Å². The molecule has 0 radical (unpaired) electrons. The predicted octanol–water partition coefficient (Wildman–Crippen LogP) is 1.05. The SMILES string of the molecule is CCCN(CCN(C)C)S(=O)(=O)c1ccc(C=O)o1. The second kappa shape index (κ2) is 6.83. The van der Waals surface area contributed by atoms with Gasteiger partial charge in [-0.15, -0.1) is 0 Å². The van der Waals surface area contributed by atoms with Crippen molar-refractivity contribution in [3.63, 3.8) is 0 Å². The number of carbonyl (C=O) groups is 1. The van der Waals surface area contributed by atoms with Crippen LogP contribution >= 0.6 is 0 Å². The molecule has 0 amide bonds. The number of aldehydes is 1. The van der Waals surface area contributed by atoms with Crippen molar-refractivity contribution in [3.05, 3.63) is 17.9 Å². The molecule has 0 aliphatic heterocycles. The summed E-state index contributed by atoms with van der Waals surface area (Å²) in [6.07, 6.45) is 1.21. The smallest absolute Gasteiger partial charge is 0.276 e. The van der Waals surface area contributed by atoms with Crippen LogP contribution in [0.5, 0.6) is 0 Å². The Balaban J connectivity index is 2.94. The molecule has 0 aliphatic carbocycles. The van der Waals surface area contributed by atoms with Gasteiger partial charge in [-0.05, 0) is 32.6 Å². The summed E-state index contributed by atoms with van der Waals surface area (Å²) in [5, 5.41) is -0.179. The lowest BCUT2D eigenvalue weighted by Crippen LogP contribution is -2.37. The molecule has 1 heterocycles. The molecule has 0 aliphatic rings. The van der Waals surface area contributed by atoms with Gasteiger partial charge >= 0.3 is 0 Å². The first kappa shape index (κ1) is 15.9. The van der Waals surface area contributed by atoms with Crippen LogP contribution < -0.4 is 0 Å². The normalized spacial score (nSPS) is 12.3. The number of rotatable bonds is 8. The third kappa shape index (κ3) is 4.15. The fourth-order valence-corrected chi connectivity index (χ4v) is 3.02. The summed E-state index contributed by atoms with van der Waals surface area (Å²) in [5.74, 6) is 0.0163. The highest BCUT2D eigenvalue weighted by Gasteiger charge is 2.26. The Morgan fingerprint density at radius 2 is 1.89 bits per heavy atom. The van der Waals surface area contributed by atoms with Crippen molar-refractivity contribution in [2.24, 2.45) is 0 Å². The summed E-state index contributed by atoms with van der Waals surface area (Å²) in [6.45, 7) is 3.35. The van der Waals surface area contributed by atoms with Gasteiger partial charge in [0.05, 0.1) is 0 Å². The molecule has 0 saturated heterocycles. The fraction of sp³-hybridized carbons (Fsp3) is 0.583. The summed E-state index contributed by atoms with van der Waals surface area (Å²) in [7, 11) is 0.0991. The van der Waals surface area contributed by atoms with Gasteiger partial charge in [-0.1, -0.05) is 6.92 Å². The van der Waals surface area contributed by atoms with Crippen LogP contribution in [0.2, 0.25) is 0 Å². The van der Waals surface area contributed by atoms with Crippen molar-refractivity contribution in [2.45, 2.75) is 18.4 Å². The van der Waals surface area contributed by atoms with Crippen molar-refractivity contribution in [1.29, 1.82) is 0 Å². The minimum atomic E-state index is -3.67. The maximum atomic E-state index is 12.4. The zero-order valence-electron chi connectivity index (χ0n) is 11.5. The summed E-state index contributed by atoms with van der Waals surface area (Å²) in [6, 6.07) is 2.67. The van der Waals surface area contributed by atoms with Gasteiger partial charge in [0, 0.05) is 19.6 Å². The fourth-order valence-electron chi connectivity index (χ4n) is 1.58. The van der Waals surface area contributed by atoms with E-state index in [4.69, 9.17) is 4.42 Å². The summed E-state index contributed by atoms with van der Waals surface area (Å²) in [5.41, 5.74) is 0. The number of hydrogen-bond acceptors (Lipinski definition) is 5. The van der Waals surface area contributed by atoms with E-state index in [-0.39, 0.29) is 10.9 Å². The molecular formula is C12H20N2O4S. The molecule has 108 valence electrons. The number of nitrogens with zero attached hydrogens (tertiary/aromatic N) is 2. The minimum absolute atomic E-state index is 0.0163. The topological polar surface area (TPSA) is 70.8 Å². The molecule has 19 heavy (non-hydrogen) atoms. The average Bonchev–Trinajstić information content (AvgIpc) is 2.83. The van der Waals surface area contributed by atoms with Gasteiger partial charge in [0.1, 0.15) is 0 Å². The zero-order valence-corrected chi connectivity index (χ0v) is 12.3. The van der Waals surface area contributed by atoms with Crippen LogP contribution in [0.15, 0.2) is 21.6 Å². The first-order valence-corrected chi connectivity index (χ1v) is 7.55. The van der Waals surface area contributed by atoms with E-state index in [1.165, 1.54) is 16.4 Å². The van der Waals surface area contributed by atoms with Crippen LogP contribution in [0.3, 0.4) is 0 Å². The largest absolute Gasteiger partial charge is 0.440 e. The highest BCUT2D eigenvalue weighted by molar-refractivity contribution is 7.89. The molecule has 0 bridgehead atoms. The Bertz CT molecular complexity index is 508. The van der Waals surface area contributed by atoms with Crippen LogP contribution in [-0.2, 0) is 10.0 Å². The Morgan fingerprint density at radius 1 is 1.21 bits per heavy atom. The molecule has 0 spiro atoms. The monoisotopic (exact) mass is 288 g/mol. The average molecular weight is 288 g/mol. The van der Waals surface area contributed by atoms with Gasteiger partial charge in [0.2, 0.25) is 5.09 Å². The van der Waals surface area contributed by atoms with Crippen LogP contribution in [0.1, 0.15) is 23.9 Å². The molecular weight excluding hydrogens is 268 g/mol. The number of carbonyl (C=O) groups excluding carboxylic acids is 1. The zero-order chi connectivity index (χ0) is 14.5. The molecule has 0 fully saturated rings. The number of furan rings is 1. The van der Waals surface area contributed by atoms with E-state index in [0.717, 1.165) is 0 Å². The number of hydrogen-bond donors (Lipinski definition) is 0. The lowest BCUT2D eigenvalue weighted by molar-refractivity contribution is 0.109. The van der Waals surface area contributed by atoms with E-state index in [1.54, 1.807) is 0 Å². The van der Waals surface area contributed by atoms with E-state index < -0.39 is 10.0 Å². The summed E-state index contributed by atoms with van der Waals surface area (Å²) < 4.78 is 31.1. The van der Waals surface area contributed by atoms with Crippen molar-refractivity contribution in [2.75, 3.05) is 33.7 Å². The van der Waals surface area contributed by atoms with Gasteiger partial charge in [0.25, 0.3) is 10.0 Å². The third-order valence-electron chi connectivity index (χ3n) is 2.58. The van der Waals surface area contributed by atoms with Crippen LogP contribution in [-0.4, -0.2) is 57.6 Å². The lowest BCUT2D eigenvalue weighted by atomic mass is 10.4. The van der Waals surface area contributed by atoms with E-state index in [9.17, 15) is 13.2 Å². The van der Waals surface area contributed by atoms with E-state index in [1.807, 2.05) is 25.9 Å². The van der Waals surface area contributed by atoms with Crippen molar-refractivity contribution >= 4 is 16.3 Å². The van der Waals surface area contributed by atoms with Crippen molar-refractivity contribution < 1.29 is 17.6 Å². The van der Waals surface area contributed by atoms with Crippen molar-refractivity contribution in [3.8, 4) is 0 Å². The highest BCUT2D eigenvalue weighted by Crippen LogP contribution is 2.18. The maximum Gasteiger partial charge on any atom is 0.276 e. The molecule has 1 rings (SSSR count). The quantitative estimate of drug-likeness (QED) is 0.669. The maximum absolute atomic E-state index is 12.4. The van der Waals surface area contributed by atoms with Crippen LogP contribution in [0.4, 0.5) is 0 Å². The minimum Gasteiger partial charge on any atom is -0.440 e. The van der Waals surface area contributed by atoms with Gasteiger partial charge in [0.15, 0.2) is 12.0 Å². The van der Waals surface area contributed by atoms with Crippen LogP contribution in [0.25, 0.3) is 0 Å². The lowest BCUT2D eigenvalue weighted by Gasteiger charge is -2.22. The number of likely N-dealkylation sites (N-methyl/N-ethyl adjacent to an activating group) is 1. The third-order valence-corrected chi connectivity index (χ3v) is 4.35. The Labute approximate surface area is 114 Å². The Hall–Kier alpha value is -1.18. The summed E-state index contributed by atoms with van der Waals surface area (Å²) in [4.78, 5) is 12.5. The first-order valence-electron chi connectivity index (χ1n) is 6.11. The first-order chi connectivity index (χ1) is 8.91. The Kier molecular flexibility index (Phi) is 5.71. The van der Waals surface area contributed by atoms with Gasteiger partial charge in [-0.2, -0.15) is 4.31 Å². The van der Waals surface area contributed by atoms with Crippen molar-refractivity contribution in [1.82, 2.24) is 9.21 Å². The molecule has 0 unspecified atom stereocenters. The van der Waals surface area contributed by atoms with Crippen LogP contribution in [0, 0.1) is 0 Å². The van der Waals surface area contributed by atoms with E-state index in [0.29, 0.717) is 32.3 Å². The molecule has 0 saturated carbocycles. The van der Waals surface area contributed by atoms with Gasteiger partial charge in [-0.3, -0.25) is 4.79 Å². The number of sulfonamides is 1. The molecule has 1 aromatic rings.